The Morgan fingerprint density at radius 2 is 1.95 bits per heavy atom. The quantitative estimate of drug-likeness (QED) is 0.188. The number of amides is 1. The van der Waals surface area contributed by atoms with Crippen molar-refractivity contribution in [3.8, 4) is 17.6 Å². The summed E-state index contributed by atoms with van der Waals surface area (Å²) in [7, 11) is 2.76. The molecule has 37 heavy (non-hydrogen) atoms. The maximum absolute atomic E-state index is 12.6. The van der Waals surface area contributed by atoms with E-state index in [2.05, 4.69) is 15.0 Å². The first kappa shape index (κ1) is 25.1. The fourth-order valence-corrected chi connectivity index (χ4v) is 3.77. The van der Waals surface area contributed by atoms with Gasteiger partial charge in [-0.3, -0.25) is 4.79 Å². The Labute approximate surface area is 213 Å². The zero-order chi connectivity index (χ0) is 26.2. The number of aromatic nitrogens is 1. The summed E-state index contributed by atoms with van der Waals surface area (Å²) >= 11 is 0. The van der Waals surface area contributed by atoms with Crippen molar-refractivity contribution in [2.24, 2.45) is 0 Å². The van der Waals surface area contributed by atoms with Gasteiger partial charge in [0.15, 0.2) is 11.5 Å². The van der Waals surface area contributed by atoms with Crippen LogP contribution < -0.4 is 14.8 Å². The molecule has 4 aromatic rings. The van der Waals surface area contributed by atoms with Crippen LogP contribution in [0.5, 0.6) is 11.5 Å². The molecule has 2 aromatic heterocycles. The molecule has 2 heterocycles. The number of nitrogens with zero attached hydrogens (tertiary/aromatic N) is 1. The minimum atomic E-state index is -0.574. The van der Waals surface area contributed by atoms with Gasteiger partial charge in [-0.15, -0.1) is 0 Å². The lowest BCUT2D eigenvalue weighted by molar-refractivity contribution is -0.117. The summed E-state index contributed by atoms with van der Waals surface area (Å²) in [5.74, 6) is 0.318. The van der Waals surface area contributed by atoms with Gasteiger partial charge < -0.3 is 28.9 Å². The topological polar surface area (TPSA) is 127 Å². The number of methoxy groups -OCH3 is 2. The molecule has 9 heteroatoms. The van der Waals surface area contributed by atoms with E-state index in [1.807, 2.05) is 36.5 Å². The predicted octanol–water partition coefficient (Wildman–Crippen LogP) is 4.40. The molecular weight excluding hydrogens is 474 g/mol. The Morgan fingerprint density at radius 1 is 1.11 bits per heavy atom. The Hall–Kier alpha value is -4.97. The van der Waals surface area contributed by atoms with Crippen LogP contribution in [-0.4, -0.2) is 37.6 Å². The first-order valence-electron chi connectivity index (χ1n) is 11.4. The fourth-order valence-electron chi connectivity index (χ4n) is 3.77. The largest absolute Gasteiger partial charge is 0.493 e. The molecule has 0 saturated carbocycles. The maximum atomic E-state index is 12.6. The van der Waals surface area contributed by atoms with Gasteiger partial charge in [0.2, 0.25) is 5.76 Å². The van der Waals surface area contributed by atoms with E-state index in [0.717, 1.165) is 16.5 Å². The summed E-state index contributed by atoms with van der Waals surface area (Å²) in [4.78, 5) is 27.4. The number of rotatable bonds is 10. The van der Waals surface area contributed by atoms with Gasteiger partial charge in [-0.2, -0.15) is 5.26 Å². The molecule has 0 fully saturated rings. The lowest BCUT2D eigenvalue weighted by Gasteiger charge is -2.11. The van der Waals surface area contributed by atoms with Crippen LogP contribution in [0.25, 0.3) is 17.0 Å². The molecule has 9 nitrogen and oxygen atoms in total. The highest BCUT2D eigenvalue weighted by Gasteiger charge is 2.14. The SMILES string of the molecule is COC(=O)c1ccc(COc2ccc(/C=C(\C#N)C(=O)NCCc3c[nH]c4ccccc34)cc2OC)o1. The van der Waals surface area contributed by atoms with Crippen molar-refractivity contribution >= 4 is 28.9 Å². The molecule has 2 N–H and O–H groups in total. The minimum Gasteiger partial charge on any atom is -0.493 e. The maximum Gasteiger partial charge on any atom is 0.373 e. The van der Waals surface area contributed by atoms with Crippen LogP contribution in [0.4, 0.5) is 0 Å². The van der Waals surface area contributed by atoms with Crippen LogP contribution in [0, 0.1) is 11.3 Å². The first-order valence-corrected chi connectivity index (χ1v) is 11.4. The third-order valence-electron chi connectivity index (χ3n) is 5.64. The minimum absolute atomic E-state index is 0.0272. The first-order chi connectivity index (χ1) is 18.0. The molecule has 0 aliphatic carbocycles. The number of benzene rings is 2. The molecule has 0 spiro atoms. The van der Waals surface area contributed by atoms with Crippen molar-refractivity contribution in [2.45, 2.75) is 13.0 Å². The predicted molar refractivity (Wildman–Crippen MR) is 136 cm³/mol. The van der Waals surface area contributed by atoms with Crippen LogP contribution in [0.1, 0.15) is 27.4 Å². The van der Waals surface area contributed by atoms with Crippen LogP contribution >= 0.6 is 0 Å². The molecule has 0 radical (unpaired) electrons. The summed E-state index contributed by atoms with van der Waals surface area (Å²) in [5, 5.41) is 13.5. The van der Waals surface area contributed by atoms with E-state index < -0.39 is 11.9 Å². The van der Waals surface area contributed by atoms with Crippen molar-refractivity contribution in [3.63, 3.8) is 0 Å². The van der Waals surface area contributed by atoms with Crippen LogP contribution in [-0.2, 0) is 22.6 Å². The Balaban J connectivity index is 1.38. The van der Waals surface area contributed by atoms with Crippen LogP contribution in [0.2, 0.25) is 0 Å². The van der Waals surface area contributed by atoms with Gasteiger partial charge in [-0.1, -0.05) is 24.3 Å². The number of para-hydroxylation sites is 1. The average Bonchev–Trinajstić information content (AvgIpc) is 3.57. The molecule has 188 valence electrons. The van der Waals surface area contributed by atoms with Gasteiger partial charge in [-0.25, -0.2) is 4.79 Å². The molecule has 0 aliphatic heterocycles. The van der Waals surface area contributed by atoms with Crippen molar-refractivity contribution in [1.82, 2.24) is 10.3 Å². The number of nitrogens with one attached hydrogen (secondary N) is 2. The number of hydrogen-bond donors (Lipinski definition) is 2. The highest BCUT2D eigenvalue weighted by Crippen LogP contribution is 2.30. The molecule has 1 amide bonds. The van der Waals surface area contributed by atoms with E-state index in [1.54, 1.807) is 24.3 Å². The molecule has 4 rings (SSSR count). The highest BCUT2D eigenvalue weighted by molar-refractivity contribution is 6.01. The number of furan rings is 1. The normalized spacial score (nSPS) is 11.1. The zero-order valence-corrected chi connectivity index (χ0v) is 20.4. The van der Waals surface area contributed by atoms with Crippen molar-refractivity contribution in [3.05, 3.63) is 89.0 Å². The molecule has 0 aliphatic rings. The molecule has 0 atom stereocenters. The van der Waals surface area contributed by atoms with Gasteiger partial charge in [0.25, 0.3) is 5.91 Å². The number of aromatic amines is 1. The summed E-state index contributed by atoms with van der Waals surface area (Å²) in [6.45, 7) is 0.449. The Bertz CT molecular complexity index is 1490. The van der Waals surface area contributed by atoms with Crippen LogP contribution in [0.3, 0.4) is 0 Å². The number of carbonyl (C=O) groups excluding carboxylic acids is 2. The number of hydrogen-bond acceptors (Lipinski definition) is 7. The number of ether oxygens (including phenoxy) is 3. The van der Waals surface area contributed by atoms with E-state index in [4.69, 9.17) is 13.9 Å². The second-order valence-corrected chi connectivity index (χ2v) is 7.99. The second-order valence-electron chi connectivity index (χ2n) is 7.99. The number of carbonyl (C=O) groups is 2. The van der Waals surface area contributed by atoms with Crippen LogP contribution in [0.15, 0.2) is 70.8 Å². The third-order valence-corrected chi connectivity index (χ3v) is 5.64. The van der Waals surface area contributed by atoms with E-state index in [0.29, 0.717) is 35.8 Å². The molecule has 0 unspecified atom stereocenters. The van der Waals surface area contributed by atoms with E-state index in [-0.39, 0.29) is 17.9 Å². The van der Waals surface area contributed by atoms with Gasteiger partial charge >= 0.3 is 5.97 Å². The number of H-pyrrole nitrogens is 1. The van der Waals surface area contributed by atoms with Crippen molar-refractivity contribution < 1.29 is 28.2 Å². The number of nitriles is 1. The van der Waals surface area contributed by atoms with Crippen molar-refractivity contribution in [2.75, 3.05) is 20.8 Å². The van der Waals surface area contributed by atoms with Gasteiger partial charge in [-0.05, 0) is 54.0 Å². The number of esters is 1. The molecular formula is C28H25N3O6. The molecule has 0 bridgehead atoms. The third kappa shape index (κ3) is 6.00. The standard InChI is InChI=1S/C28H25N3O6/c1-34-26-14-18(7-9-24(26)36-17-21-8-10-25(37-21)28(33)35-2)13-20(15-29)27(32)30-12-11-19-16-31-23-6-4-3-5-22(19)23/h3-10,13-14,16,31H,11-12,17H2,1-2H3,(H,30,32)/b20-13+. The fraction of sp³-hybridized carbons (Fsp3) is 0.179. The van der Waals surface area contributed by atoms with E-state index in [1.165, 1.54) is 26.4 Å². The smallest absolute Gasteiger partial charge is 0.373 e. The summed E-state index contributed by atoms with van der Waals surface area (Å²) in [5.41, 5.74) is 2.70. The van der Waals surface area contributed by atoms with Gasteiger partial charge in [0, 0.05) is 23.6 Å². The Kier molecular flexibility index (Phi) is 7.91. The monoisotopic (exact) mass is 499 g/mol. The lowest BCUT2D eigenvalue weighted by Crippen LogP contribution is -2.26. The summed E-state index contributed by atoms with van der Waals surface area (Å²) < 4.78 is 21.2. The second kappa shape index (κ2) is 11.6. The summed E-state index contributed by atoms with van der Waals surface area (Å²) in [6, 6.07) is 18.1. The van der Waals surface area contributed by atoms with Gasteiger partial charge in [0.05, 0.1) is 14.2 Å². The van der Waals surface area contributed by atoms with E-state index in [9.17, 15) is 14.9 Å². The summed E-state index contributed by atoms with van der Waals surface area (Å²) in [6.07, 6.45) is 4.05. The molecule has 2 aromatic carbocycles. The van der Waals surface area contributed by atoms with Crippen molar-refractivity contribution in [1.29, 1.82) is 5.26 Å². The zero-order valence-electron chi connectivity index (χ0n) is 20.4. The average molecular weight is 500 g/mol. The Morgan fingerprint density at radius 3 is 2.73 bits per heavy atom. The lowest BCUT2D eigenvalue weighted by atomic mass is 10.1. The molecule has 0 saturated heterocycles. The van der Waals surface area contributed by atoms with E-state index >= 15 is 0 Å². The highest BCUT2D eigenvalue weighted by atomic mass is 16.5. The van der Waals surface area contributed by atoms with Gasteiger partial charge in [0.1, 0.15) is 24.0 Å². The number of fused-ring (bicyclic) bond motifs is 1.